The lowest BCUT2D eigenvalue weighted by Crippen LogP contribution is -2.42. The van der Waals surface area contributed by atoms with Crippen LogP contribution in [0.1, 0.15) is 36.5 Å². The summed E-state index contributed by atoms with van der Waals surface area (Å²) in [6.07, 6.45) is 0. The quantitative estimate of drug-likeness (QED) is 0.309. The maximum absolute atomic E-state index is 10.5. The monoisotopic (exact) mass is 384 g/mol. The van der Waals surface area contributed by atoms with Gasteiger partial charge < -0.3 is 15.5 Å². The molecule has 150 valence electrons. The molecule has 0 amide bonds. The Balaban J connectivity index is 1.75. The summed E-state index contributed by atoms with van der Waals surface area (Å²) in [6.45, 7) is 8.68. The number of nitrogens with one attached hydrogen (secondary N) is 2. The molecule has 1 heterocycles. The predicted molar refractivity (Wildman–Crippen MR) is 110 cm³/mol. The van der Waals surface area contributed by atoms with Crippen LogP contribution in [0, 0.1) is 5.41 Å². The van der Waals surface area contributed by atoms with Crippen molar-refractivity contribution in [2.45, 2.75) is 26.3 Å². The van der Waals surface area contributed by atoms with Gasteiger partial charge in [-0.15, -0.1) is 0 Å². The first-order chi connectivity index (χ1) is 13.4. The number of hydrogen-bond donors (Lipinski definition) is 5. The average Bonchev–Trinajstić information content (AvgIpc) is 2.68. The maximum Gasteiger partial charge on any atom is 0.161 e. The van der Waals surface area contributed by atoms with Crippen molar-refractivity contribution in [1.82, 2.24) is 10.2 Å². The highest BCUT2D eigenvalue weighted by molar-refractivity contribution is 6.08. The molecule has 1 aliphatic heterocycles. The fourth-order valence-corrected chi connectivity index (χ4v) is 3.36. The molecule has 0 bridgehead atoms. The van der Waals surface area contributed by atoms with Crippen LogP contribution in [-0.4, -0.2) is 52.3 Å². The zero-order valence-electron chi connectivity index (χ0n) is 16.3. The summed E-state index contributed by atoms with van der Waals surface area (Å²) in [4.78, 5) is 2.37. The third kappa shape index (κ3) is 4.44. The summed E-state index contributed by atoms with van der Waals surface area (Å²) in [6, 6.07) is 10.1. The van der Waals surface area contributed by atoms with Crippen LogP contribution in [-0.2, 0) is 6.54 Å². The summed E-state index contributed by atoms with van der Waals surface area (Å²) in [7, 11) is 0. The van der Waals surface area contributed by atoms with E-state index in [1.54, 1.807) is 18.2 Å². The minimum absolute atomic E-state index is 0.0172. The first kappa shape index (κ1) is 20.1. The Hall–Kier alpha value is -2.61. The molecule has 5 N–H and O–H groups in total. The summed E-state index contributed by atoms with van der Waals surface area (Å²) < 4.78 is 0. The van der Waals surface area contributed by atoms with Crippen LogP contribution in [0.2, 0.25) is 0 Å². The summed E-state index contributed by atoms with van der Waals surface area (Å²) in [5, 5.41) is 43.0. The Labute approximate surface area is 165 Å². The van der Waals surface area contributed by atoms with Crippen molar-refractivity contribution in [3.05, 3.63) is 53.1 Å². The first-order valence-electron chi connectivity index (χ1n) is 9.52. The minimum atomic E-state index is -0.255. The highest BCUT2D eigenvalue weighted by Gasteiger charge is 2.19. The molecular formula is C21H28N4O3. The van der Waals surface area contributed by atoms with E-state index >= 15 is 0 Å². The fourth-order valence-electron chi connectivity index (χ4n) is 3.36. The molecule has 0 aromatic heterocycles. The van der Waals surface area contributed by atoms with Crippen molar-refractivity contribution in [2.24, 2.45) is 0 Å². The number of benzene rings is 2. The van der Waals surface area contributed by atoms with E-state index in [1.807, 2.05) is 26.0 Å². The molecule has 0 atom stereocenters. The summed E-state index contributed by atoms with van der Waals surface area (Å²) >= 11 is 0. The van der Waals surface area contributed by atoms with Gasteiger partial charge in [-0.3, -0.25) is 15.5 Å². The number of phenols is 2. The number of anilines is 1. The topological polar surface area (TPSA) is 103 Å². The predicted octanol–water partition coefficient (Wildman–Crippen LogP) is 2.85. The fraction of sp³-hybridized carbons (Fsp3) is 0.381. The van der Waals surface area contributed by atoms with E-state index in [1.165, 1.54) is 6.07 Å². The smallest absolute Gasteiger partial charge is 0.161 e. The second-order valence-electron chi connectivity index (χ2n) is 7.44. The first-order valence-corrected chi connectivity index (χ1v) is 9.52. The van der Waals surface area contributed by atoms with Crippen molar-refractivity contribution in [3.63, 3.8) is 0 Å². The number of rotatable bonds is 5. The van der Waals surface area contributed by atoms with Gasteiger partial charge in [0.1, 0.15) is 11.5 Å². The Kier molecular flexibility index (Phi) is 6.18. The average molecular weight is 384 g/mol. The lowest BCUT2D eigenvalue weighted by Gasteiger charge is -2.27. The van der Waals surface area contributed by atoms with E-state index in [4.69, 9.17) is 5.41 Å². The van der Waals surface area contributed by atoms with Gasteiger partial charge in [-0.25, -0.2) is 5.06 Å². The molecule has 1 fully saturated rings. The van der Waals surface area contributed by atoms with Gasteiger partial charge in [0, 0.05) is 38.8 Å². The number of hydroxylamine groups is 1. The van der Waals surface area contributed by atoms with Gasteiger partial charge >= 0.3 is 0 Å². The molecule has 0 radical (unpaired) electrons. The Morgan fingerprint density at radius 1 is 1.11 bits per heavy atom. The van der Waals surface area contributed by atoms with Gasteiger partial charge in [0.05, 0.1) is 11.3 Å². The third-order valence-corrected chi connectivity index (χ3v) is 5.03. The highest BCUT2D eigenvalue weighted by atomic mass is 16.5. The van der Waals surface area contributed by atoms with Crippen molar-refractivity contribution in [3.8, 4) is 11.5 Å². The normalized spacial score (nSPS) is 15.0. The zero-order chi connectivity index (χ0) is 20.3. The van der Waals surface area contributed by atoms with Gasteiger partial charge in [0.25, 0.3) is 0 Å². The van der Waals surface area contributed by atoms with E-state index in [9.17, 15) is 15.4 Å². The molecule has 0 spiro atoms. The van der Waals surface area contributed by atoms with Gasteiger partial charge in [-0.2, -0.15) is 0 Å². The molecular weight excluding hydrogens is 356 g/mol. The molecule has 3 rings (SSSR count). The second-order valence-corrected chi connectivity index (χ2v) is 7.44. The Morgan fingerprint density at radius 3 is 2.36 bits per heavy atom. The van der Waals surface area contributed by atoms with Crippen molar-refractivity contribution < 1.29 is 15.4 Å². The van der Waals surface area contributed by atoms with Crippen molar-refractivity contribution in [2.75, 3.05) is 31.2 Å². The Bertz CT molecular complexity index is 830. The third-order valence-electron chi connectivity index (χ3n) is 5.03. The molecule has 28 heavy (non-hydrogen) atoms. The molecule has 2 aromatic rings. The zero-order valence-corrected chi connectivity index (χ0v) is 16.3. The maximum atomic E-state index is 10.5. The number of aromatic hydroxyl groups is 2. The molecule has 2 aromatic carbocycles. The number of amidine groups is 1. The number of hydrogen-bond acceptors (Lipinski definition) is 6. The molecule has 7 heteroatoms. The largest absolute Gasteiger partial charge is 0.508 e. The summed E-state index contributed by atoms with van der Waals surface area (Å²) in [5.41, 5.74) is 2.35. The van der Waals surface area contributed by atoms with E-state index < -0.39 is 0 Å². The van der Waals surface area contributed by atoms with Crippen LogP contribution < -0.4 is 10.4 Å². The van der Waals surface area contributed by atoms with Crippen LogP contribution in [0.25, 0.3) is 0 Å². The summed E-state index contributed by atoms with van der Waals surface area (Å²) in [5.74, 6) is -0.509. The van der Waals surface area contributed by atoms with Crippen LogP contribution in [0.15, 0.2) is 36.4 Å². The van der Waals surface area contributed by atoms with E-state index in [-0.39, 0.29) is 28.8 Å². The molecule has 1 saturated heterocycles. The van der Waals surface area contributed by atoms with Crippen molar-refractivity contribution >= 4 is 11.5 Å². The van der Waals surface area contributed by atoms with Crippen molar-refractivity contribution in [1.29, 1.82) is 5.41 Å². The van der Waals surface area contributed by atoms with Gasteiger partial charge in [0.2, 0.25) is 0 Å². The van der Waals surface area contributed by atoms with E-state index in [2.05, 4.69) is 10.2 Å². The van der Waals surface area contributed by atoms with Gasteiger partial charge in [-0.05, 0) is 35.2 Å². The minimum Gasteiger partial charge on any atom is -0.508 e. The van der Waals surface area contributed by atoms with Gasteiger partial charge in [-0.1, -0.05) is 26.0 Å². The molecule has 0 saturated carbocycles. The molecule has 0 unspecified atom stereocenters. The molecule has 7 nitrogen and oxygen atoms in total. The second kappa shape index (κ2) is 8.60. The lowest BCUT2D eigenvalue weighted by atomic mass is 9.98. The number of phenolic OH excluding ortho intramolecular Hbond substituents is 2. The molecule has 1 aliphatic rings. The van der Waals surface area contributed by atoms with E-state index in [0.29, 0.717) is 11.3 Å². The van der Waals surface area contributed by atoms with E-state index in [0.717, 1.165) is 43.4 Å². The van der Waals surface area contributed by atoms with Crippen LogP contribution in [0.4, 0.5) is 5.69 Å². The molecule has 0 aliphatic carbocycles. The highest BCUT2D eigenvalue weighted by Crippen LogP contribution is 2.33. The lowest BCUT2D eigenvalue weighted by molar-refractivity contribution is 0.233. The Morgan fingerprint density at radius 2 is 1.75 bits per heavy atom. The van der Waals surface area contributed by atoms with Crippen LogP contribution in [0.3, 0.4) is 0 Å². The van der Waals surface area contributed by atoms with Crippen LogP contribution in [0.5, 0.6) is 11.5 Å². The standard InChI is InChI=1S/C21H28N4O3/c1-14(2)17-11-18(20(27)12-19(17)26)21(22)25(28)16-5-3-15(4-6-16)13-24-9-7-23-8-10-24/h3-6,11-12,14,22-23,26-28H,7-10,13H2,1-2H3. The van der Waals surface area contributed by atoms with Gasteiger partial charge in [0.15, 0.2) is 5.84 Å². The van der Waals surface area contributed by atoms with Crippen LogP contribution >= 0.6 is 0 Å². The number of piperazine rings is 1. The number of nitrogens with zero attached hydrogens (tertiary/aromatic N) is 2. The SMILES string of the molecule is CC(C)c1cc(C(=N)N(O)c2ccc(CN3CCNCC3)cc2)c(O)cc1O.